The van der Waals surface area contributed by atoms with Crippen LogP contribution in [0.5, 0.6) is 0 Å². The van der Waals surface area contributed by atoms with Crippen molar-refractivity contribution in [2.75, 3.05) is 14.1 Å². The summed E-state index contributed by atoms with van der Waals surface area (Å²) >= 11 is 0. The zero-order chi connectivity index (χ0) is 18.7. The second kappa shape index (κ2) is 7.19. The van der Waals surface area contributed by atoms with Crippen molar-refractivity contribution in [2.45, 2.75) is 6.54 Å². The number of benzene rings is 1. The van der Waals surface area contributed by atoms with Gasteiger partial charge in [-0.05, 0) is 32.3 Å². The van der Waals surface area contributed by atoms with Crippen LogP contribution in [-0.2, 0) is 6.54 Å². The molecule has 9 heteroatoms. The van der Waals surface area contributed by atoms with Crippen molar-refractivity contribution >= 4 is 11.5 Å². The van der Waals surface area contributed by atoms with Crippen molar-refractivity contribution < 1.29 is 9.72 Å². The number of nitro groups is 1. The summed E-state index contributed by atoms with van der Waals surface area (Å²) in [7, 11) is 3.77. The van der Waals surface area contributed by atoms with E-state index < -0.39 is 10.7 Å². The van der Waals surface area contributed by atoms with Gasteiger partial charge in [0.2, 0.25) is 5.78 Å². The summed E-state index contributed by atoms with van der Waals surface area (Å²) in [4.78, 5) is 29.5. The van der Waals surface area contributed by atoms with Crippen LogP contribution in [0, 0.1) is 10.1 Å². The van der Waals surface area contributed by atoms with E-state index in [9.17, 15) is 14.9 Å². The molecule has 0 saturated heterocycles. The number of rotatable bonds is 6. The molecule has 0 radical (unpaired) electrons. The molecule has 1 aromatic carbocycles. The van der Waals surface area contributed by atoms with E-state index in [-0.39, 0.29) is 16.9 Å². The van der Waals surface area contributed by atoms with Crippen LogP contribution in [-0.4, -0.2) is 49.5 Å². The van der Waals surface area contributed by atoms with Gasteiger partial charge in [-0.25, -0.2) is 0 Å². The highest BCUT2D eigenvalue weighted by Gasteiger charge is 2.21. The summed E-state index contributed by atoms with van der Waals surface area (Å²) in [6.45, 7) is 0.494. The first kappa shape index (κ1) is 17.4. The van der Waals surface area contributed by atoms with Crippen LogP contribution in [0.25, 0.3) is 5.69 Å². The zero-order valence-electron chi connectivity index (χ0n) is 14.2. The molecule has 9 nitrogen and oxygen atoms in total. The molecule has 0 unspecified atom stereocenters. The molecule has 0 aliphatic heterocycles. The molecule has 0 atom stereocenters. The lowest BCUT2D eigenvalue weighted by atomic mass is 10.0. The van der Waals surface area contributed by atoms with Crippen LogP contribution in [0.3, 0.4) is 0 Å². The summed E-state index contributed by atoms with van der Waals surface area (Å²) in [6, 6.07) is 9.08. The molecule has 0 aliphatic rings. The normalized spacial score (nSPS) is 10.9. The molecule has 2 heterocycles. The van der Waals surface area contributed by atoms with E-state index in [0.29, 0.717) is 18.1 Å². The predicted octanol–water partition coefficient (Wildman–Crippen LogP) is 1.86. The van der Waals surface area contributed by atoms with Crippen LogP contribution >= 0.6 is 0 Å². The van der Waals surface area contributed by atoms with Gasteiger partial charge >= 0.3 is 0 Å². The van der Waals surface area contributed by atoms with Gasteiger partial charge in [0.05, 0.1) is 22.7 Å². The smallest absolute Gasteiger partial charge is 0.270 e. The number of aromatic nitrogens is 4. The number of pyridine rings is 1. The van der Waals surface area contributed by atoms with Crippen molar-refractivity contribution in [3.8, 4) is 5.69 Å². The third-order valence-electron chi connectivity index (χ3n) is 3.67. The third kappa shape index (κ3) is 3.47. The van der Waals surface area contributed by atoms with E-state index >= 15 is 0 Å². The fourth-order valence-electron chi connectivity index (χ4n) is 2.52. The van der Waals surface area contributed by atoms with E-state index in [1.807, 2.05) is 19.0 Å². The molecule has 132 valence electrons. The maximum Gasteiger partial charge on any atom is 0.270 e. The van der Waals surface area contributed by atoms with E-state index in [2.05, 4.69) is 15.2 Å². The molecule has 0 aliphatic carbocycles. The minimum atomic E-state index is -0.536. The highest BCUT2D eigenvalue weighted by molar-refractivity contribution is 6.10. The summed E-state index contributed by atoms with van der Waals surface area (Å²) in [5.41, 5.74) is 0.664. The highest BCUT2D eigenvalue weighted by atomic mass is 16.6. The fraction of sp³-hybridized carbons (Fsp3) is 0.176. The number of carbonyl (C=O) groups is 1. The van der Waals surface area contributed by atoms with Gasteiger partial charge in [0.15, 0.2) is 5.82 Å². The molecule has 0 amide bonds. The number of hydrogen-bond acceptors (Lipinski definition) is 7. The molecule has 3 rings (SSSR count). The summed E-state index contributed by atoms with van der Waals surface area (Å²) in [6.07, 6.45) is 2.98. The van der Waals surface area contributed by atoms with Gasteiger partial charge < -0.3 is 4.90 Å². The van der Waals surface area contributed by atoms with Crippen LogP contribution in [0.15, 0.2) is 48.9 Å². The first-order valence-electron chi connectivity index (χ1n) is 7.75. The van der Waals surface area contributed by atoms with Crippen molar-refractivity contribution in [1.29, 1.82) is 0 Å². The molecule has 0 spiro atoms. The number of nitro benzene ring substituents is 1. The number of non-ortho nitro benzene ring substituents is 1. The van der Waals surface area contributed by atoms with Crippen molar-refractivity contribution in [2.24, 2.45) is 0 Å². The summed E-state index contributed by atoms with van der Waals surface area (Å²) in [5.74, 6) is 0.202. The Bertz CT molecular complexity index is 952. The van der Waals surface area contributed by atoms with Gasteiger partial charge in [0.25, 0.3) is 5.69 Å². The Morgan fingerprint density at radius 3 is 2.73 bits per heavy atom. The number of ketones is 1. The Hall–Kier alpha value is -3.46. The minimum Gasteiger partial charge on any atom is -0.302 e. The molecule has 0 N–H and O–H groups in total. The minimum absolute atomic E-state index is 0.165. The van der Waals surface area contributed by atoms with E-state index in [4.69, 9.17) is 0 Å². The maximum atomic E-state index is 12.9. The van der Waals surface area contributed by atoms with Crippen LogP contribution in [0.2, 0.25) is 0 Å². The van der Waals surface area contributed by atoms with E-state index in [0.717, 1.165) is 0 Å². The van der Waals surface area contributed by atoms with Gasteiger partial charge in [-0.1, -0.05) is 6.07 Å². The second-order valence-electron chi connectivity index (χ2n) is 5.86. The standard InChI is InChI=1S/C17H16N6O3/c1-21(2)10-16-20-19-11-22(16)15-7-6-12(23(25)26)9-13(15)17(24)14-5-3-4-8-18-14/h3-9,11H,10H2,1-2H3. The largest absolute Gasteiger partial charge is 0.302 e. The molecular weight excluding hydrogens is 336 g/mol. The Balaban J connectivity index is 2.16. The molecule has 0 saturated carbocycles. The van der Waals surface area contributed by atoms with Gasteiger partial charge in [0, 0.05) is 18.3 Å². The topological polar surface area (TPSA) is 107 Å². The number of hydrogen-bond donors (Lipinski definition) is 0. The van der Waals surface area contributed by atoms with Gasteiger partial charge in [0.1, 0.15) is 12.0 Å². The lowest BCUT2D eigenvalue weighted by Gasteiger charge is -2.13. The second-order valence-corrected chi connectivity index (χ2v) is 5.86. The quantitative estimate of drug-likeness (QED) is 0.378. The first-order valence-corrected chi connectivity index (χ1v) is 7.75. The predicted molar refractivity (Wildman–Crippen MR) is 93.1 cm³/mol. The summed E-state index contributed by atoms with van der Waals surface area (Å²) in [5, 5.41) is 19.1. The maximum absolute atomic E-state index is 12.9. The Labute approximate surface area is 149 Å². The van der Waals surface area contributed by atoms with Crippen molar-refractivity contribution in [3.63, 3.8) is 0 Å². The van der Waals surface area contributed by atoms with Gasteiger partial charge in [-0.3, -0.25) is 24.5 Å². The third-order valence-corrected chi connectivity index (χ3v) is 3.67. The van der Waals surface area contributed by atoms with Crippen LogP contribution in [0.4, 0.5) is 5.69 Å². The Morgan fingerprint density at radius 2 is 2.08 bits per heavy atom. The SMILES string of the molecule is CN(C)Cc1nncn1-c1ccc([N+](=O)[O-])cc1C(=O)c1ccccn1. The number of nitrogens with zero attached hydrogens (tertiary/aromatic N) is 6. The first-order chi connectivity index (χ1) is 12.5. The summed E-state index contributed by atoms with van der Waals surface area (Å²) < 4.78 is 1.65. The lowest BCUT2D eigenvalue weighted by molar-refractivity contribution is -0.384. The van der Waals surface area contributed by atoms with Crippen molar-refractivity contribution in [1.82, 2.24) is 24.6 Å². The molecular formula is C17H16N6O3. The zero-order valence-corrected chi connectivity index (χ0v) is 14.2. The van der Waals surface area contributed by atoms with E-state index in [1.54, 1.807) is 22.8 Å². The lowest BCUT2D eigenvalue weighted by Crippen LogP contribution is -2.16. The highest BCUT2D eigenvalue weighted by Crippen LogP contribution is 2.24. The fourth-order valence-corrected chi connectivity index (χ4v) is 2.52. The average Bonchev–Trinajstić information content (AvgIpc) is 3.08. The van der Waals surface area contributed by atoms with Crippen LogP contribution < -0.4 is 0 Å². The Morgan fingerprint density at radius 1 is 1.27 bits per heavy atom. The molecule has 0 bridgehead atoms. The monoisotopic (exact) mass is 352 g/mol. The van der Waals surface area contributed by atoms with E-state index in [1.165, 1.54) is 30.7 Å². The van der Waals surface area contributed by atoms with Gasteiger partial charge in [-0.15, -0.1) is 10.2 Å². The number of carbonyl (C=O) groups excluding carboxylic acids is 1. The molecule has 3 aromatic rings. The van der Waals surface area contributed by atoms with Crippen molar-refractivity contribution in [3.05, 3.63) is 76.1 Å². The van der Waals surface area contributed by atoms with Gasteiger partial charge in [-0.2, -0.15) is 0 Å². The average molecular weight is 352 g/mol. The van der Waals surface area contributed by atoms with Crippen LogP contribution in [0.1, 0.15) is 21.9 Å². The molecule has 2 aromatic heterocycles. The molecule has 0 fully saturated rings. The molecule has 26 heavy (non-hydrogen) atoms. The Kier molecular flexibility index (Phi) is 4.81.